The SMILES string of the molecule is COC(=O)c1cc([N+](=O)[O-])ccc1C.COC(=O)c1cc([N+](=O)[O-])ccc1CBr. The van der Waals surface area contributed by atoms with Crippen molar-refractivity contribution in [3.05, 3.63) is 78.9 Å². The number of esters is 2. The highest BCUT2D eigenvalue weighted by Gasteiger charge is 2.16. The summed E-state index contributed by atoms with van der Waals surface area (Å²) in [5.74, 6) is -1.14. The highest BCUT2D eigenvalue weighted by atomic mass is 79.9. The first kappa shape index (κ1) is 23.7. The summed E-state index contributed by atoms with van der Waals surface area (Å²) >= 11 is 3.19. The Labute approximate surface area is 173 Å². The minimum atomic E-state index is -0.576. The lowest BCUT2D eigenvalue weighted by Crippen LogP contribution is -2.05. The molecule has 0 amide bonds. The second-order valence-electron chi connectivity index (χ2n) is 5.47. The van der Waals surface area contributed by atoms with Gasteiger partial charge in [-0.1, -0.05) is 28.1 Å². The van der Waals surface area contributed by atoms with Crippen LogP contribution < -0.4 is 0 Å². The van der Waals surface area contributed by atoms with Crippen LogP contribution in [0.15, 0.2) is 36.4 Å². The van der Waals surface area contributed by atoms with E-state index in [1.54, 1.807) is 6.92 Å². The van der Waals surface area contributed by atoms with Crippen LogP contribution in [0.1, 0.15) is 31.8 Å². The molecule has 0 radical (unpaired) electrons. The number of rotatable bonds is 5. The average molecular weight is 469 g/mol. The summed E-state index contributed by atoms with van der Waals surface area (Å²) in [7, 11) is 2.47. The van der Waals surface area contributed by atoms with Gasteiger partial charge in [0, 0.05) is 29.6 Å². The predicted octanol–water partition coefficient (Wildman–Crippen LogP) is 3.97. The topological polar surface area (TPSA) is 139 Å². The fourth-order valence-corrected chi connectivity index (χ4v) is 2.64. The van der Waals surface area contributed by atoms with Crippen LogP contribution in [0.4, 0.5) is 11.4 Å². The maximum Gasteiger partial charge on any atom is 0.338 e. The van der Waals surface area contributed by atoms with Crippen LogP contribution in [0.25, 0.3) is 0 Å². The Balaban J connectivity index is 0.000000291. The number of halogens is 1. The first-order chi connectivity index (χ1) is 13.7. The normalized spacial score (nSPS) is 9.66. The van der Waals surface area contributed by atoms with Crippen LogP contribution in [0.3, 0.4) is 0 Å². The number of nitrogens with zero attached hydrogens (tertiary/aromatic N) is 2. The van der Waals surface area contributed by atoms with Crippen LogP contribution in [0.2, 0.25) is 0 Å². The quantitative estimate of drug-likeness (QED) is 0.278. The van der Waals surface area contributed by atoms with Crippen LogP contribution in [-0.2, 0) is 14.8 Å². The van der Waals surface area contributed by atoms with E-state index in [-0.39, 0.29) is 22.5 Å². The van der Waals surface area contributed by atoms with E-state index in [2.05, 4.69) is 25.4 Å². The van der Waals surface area contributed by atoms with Crippen molar-refractivity contribution in [1.82, 2.24) is 0 Å². The van der Waals surface area contributed by atoms with Crippen molar-refractivity contribution in [1.29, 1.82) is 0 Å². The third-order valence-electron chi connectivity index (χ3n) is 3.69. The molecule has 0 aliphatic heterocycles. The van der Waals surface area contributed by atoms with Crippen molar-refractivity contribution < 1.29 is 28.9 Å². The lowest BCUT2D eigenvalue weighted by molar-refractivity contribution is -0.385. The summed E-state index contributed by atoms with van der Waals surface area (Å²) in [6.07, 6.45) is 0. The molecule has 0 aliphatic rings. The van der Waals surface area contributed by atoms with Crippen molar-refractivity contribution >= 4 is 39.2 Å². The number of nitro benzene ring substituents is 2. The smallest absolute Gasteiger partial charge is 0.338 e. The first-order valence-corrected chi connectivity index (χ1v) is 9.03. The molecule has 0 saturated carbocycles. The molecule has 0 spiro atoms. The molecule has 0 atom stereocenters. The number of hydrogen-bond acceptors (Lipinski definition) is 8. The van der Waals surface area contributed by atoms with E-state index in [9.17, 15) is 29.8 Å². The van der Waals surface area contributed by atoms with Crippen molar-refractivity contribution in [2.75, 3.05) is 14.2 Å². The molecule has 154 valence electrons. The highest BCUT2D eigenvalue weighted by molar-refractivity contribution is 9.08. The molecule has 0 saturated heterocycles. The number of alkyl halides is 1. The maximum absolute atomic E-state index is 11.3. The van der Waals surface area contributed by atoms with E-state index in [4.69, 9.17) is 0 Å². The number of hydrogen-bond donors (Lipinski definition) is 0. The van der Waals surface area contributed by atoms with E-state index in [0.717, 1.165) is 0 Å². The van der Waals surface area contributed by atoms with Crippen LogP contribution in [0.5, 0.6) is 0 Å². The fraction of sp³-hybridized carbons (Fsp3) is 0.222. The van der Waals surface area contributed by atoms with Crippen molar-refractivity contribution in [3.63, 3.8) is 0 Å². The number of non-ortho nitro benzene ring substituents is 2. The Morgan fingerprint density at radius 2 is 1.34 bits per heavy atom. The average Bonchev–Trinajstić information content (AvgIpc) is 2.72. The standard InChI is InChI=1S/C9H8BrNO4.C9H9NO4/c1-15-9(12)8-4-7(11(13)14)3-2-6(8)5-10;1-6-3-4-7(10(12)13)5-8(6)9(11)14-2/h2-4H,5H2,1H3;3-5H,1-2H3. The zero-order chi connectivity index (χ0) is 22.1. The summed E-state index contributed by atoms with van der Waals surface area (Å²) in [4.78, 5) is 42.3. The van der Waals surface area contributed by atoms with Crippen LogP contribution >= 0.6 is 15.9 Å². The molecule has 0 N–H and O–H groups in total. The van der Waals surface area contributed by atoms with Crippen LogP contribution in [-0.4, -0.2) is 36.0 Å². The number of carbonyl (C=O) groups is 2. The third-order valence-corrected chi connectivity index (χ3v) is 4.29. The summed E-state index contributed by atoms with van der Waals surface area (Å²) in [5.41, 5.74) is 1.51. The Hall–Kier alpha value is -3.34. The van der Waals surface area contributed by atoms with Crippen molar-refractivity contribution in [2.45, 2.75) is 12.3 Å². The molecule has 0 unspecified atom stereocenters. The fourth-order valence-electron chi connectivity index (χ4n) is 2.15. The number of aryl methyl sites for hydroxylation is 1. The van der Waals surface area contributed by atoms with Crippen molar-refractivity contribution in [2.24, 2.45) is 0 Å². The van der Waals surface area contributed by atoms with Gasteiger partial charge in [0.1, 0.15) is 0 Å². The molecule has 11 heteroatoms. The molecule has 0 heterocycles. The van der Waals surface area contributed by atoms with Gasteiger partial charge in [0.15, 0.2) is 0 Å². The largest absolute Gasteiger partial charge is 0.465 e. The first-order valence-electron chi connectivity index (χ1n) is 7.91. The molecule has 2 aromatic carbocycles. The van der Waals surface area contributed by atoms with Gasteiger partial charge < -0.3 is 9.47 Å². The number of benzene rings is 2. The van der Waals surface area contributed by atoms with Gasteiger partial charge in [-0.25, -0.2) is 9.59 Å². The monoisotopic (exact) mass is 468 g/mol. The van der Waals surface area contributed by atoms with E-state index < -0.39 is 21.8 Å². The van der Waals surface area contributed by atoms with E-state index in [1.807, 2.05) is 0 Å². The molecule has 0 fully saturated rings. The lowest BCUT2D eigenvalue weighted by atomic mass is 10.1. The van der Waals surface area contributed by atoms with E-state index in [0.29, 0.717) is 16.5 Å². The number of nitro groups is 2. The zero-order valence-electron chi connectivity index (χ0n) is 15.7. The van der Waals surface area contributed by atoms with E-state index >= 15 is 0 Å². The van der Waals surface area contributed by atoms with Gasteiger partial charge in [-0.05, 0) is 18.1 Å². The van der Waals surface area contributed by atoms with E-state index in [1.165, 1.54) is 50.6 Å². The highest BCUT2D eigenvalue weighted by Crippen LogP contribution is 2.20. The minimum Gasteiger partial charge on any atom is -0.465 e. The van der Waals surface area contributed by atoms with Gasteiger partial charge in [0.25, 0.3) is 11.4 Å². The summed E-state index contributed by atoms with van der Waals surface area (Å²) in [6.45, 7) is 1.69. The van der Waals surface area contributed by atoms with Gasteiger partial charge >= 0.3 is 11.9 Å². The zero-order valence-corrected chi connectivity index (χ0v) is 17.3. The molecule has 0 bridgehead atoms. The second-order valence-corrected chi connectivity index (χ2v) is 6.03. The van der Waals surface area contributed by atoms with Gasteiger partial charge in [0.05, 0.1) is 35.2 Å². The summed E-state index contributed by atoms with van der Waals surface area (Å²) < 4.78 is 9.02. The number of ether oxygens (including phenoxy) is 2. The Morgan fingerprint density at radius 1 is 0.897 bits per heavy atom. The Kier molecular flexibility index (Phi) is 8.87. The lowest BCUT2D eigenvalue weighted by Gasteiger charge is -2.04. The van der Waals surface area contributed by atoms with Gasteiger partial charge in [0.2, 0.25) is 0 Å². The number of carbonyl (C=O) groups excluding carboxylic acids is 2. The molecule has 2 rings (SSSR count). The minimum absolute atomic E-state index is 0.115. The van der Waals surface area contributed by atoms with Gasteiger partial charge in [-0.3, -0.25) is 20.2 Å². The number of methoxy groups -OCH3 is 2. The van der Waals surface area contributed by atoms with Crippen molar-refractivity contribution in [3.8, 4) is 0 Å². The molecular formula is C18H17BrN2O8. The Bertz CT molecular complexity index is 945. The third kappa shape index (κ3) is 6.35. The second kappa shape index (κ2) is 10.9. The van der Waals surface area contributed by atoms with Gasteiger partial charge in [-0.15, -0.1) is 0 Å². The molecule has 10 nitrogen and oxygen atoms in total. The Morgan fingerprint density at radius 3 is 1.79 bits per heavy atom. The summed E-state index contributed by atoms with van der Waals surface area (Å²) in [5, 5.41) is 21.4. The molecular weight excluding hydrogens is 452 g/mol. The molecule has 0 aliphatic carbocycles. The van der Waals surface area contributed by atoms with Crippen LogP contribution in [0, 0.1) is 27.2 Å². The predicted molar refractivity (Wildman–Crippen MR) is 106 cm³/mol. The molecule has 2 aromatic rings. The maximum atomic E-state index is 11.3. The van der Waals surface area contributed by atoms with Gasteiger partial charge in [-0.2, -0.15) is 0 Å². The summed E-state index contributed by atoms with van der Waals surface area (Å²) in [6, 6.07) is 8.16. The molecule has 0 aromatic heterocycles. The molecule has 29 heavy (non-hydrogen) atoms.